The van der Waals surface area contributed by atoms with Gasteiger partial charge in [-0.15, -0.1) is 0 Å². The molecule has 3 heteroatoms. The molecule has 0 amide bonds. The van der Waals surface area contributed by atoms with Crippen molar-refractivity contribution < 1.29 is 9.90 Å². The minimum atomic E-state index is -0.704. The molecule has 0 bridgehead atoms. The fourth-order valence-electron chi connectivity index (χ4n) is 1.49. The molecule has 10 heavy (non-hydrogen) atoms. The van der Waals surface area contributed by atoms with Gasteiger partial charge in [-0.05, 0) is 18.9 Å². The first kappa shape index (κ1) is 7.54. The summed E-state index contributed by atoms with van der Waals surface area (Å²) in [5, 5.41) is 11.6. The predicted octanol–water partition coefficient (Wildman–Crippen LogP) is 0.459. The minimum Gasteiger partial charge on any atom is -0.480 e. The third-order valence-corrected chi connectivity index (χ3v) is 2.14. The molecule has 3 nitrogen and oxygen atoms in total. The Kier molecular flexibility index (Phi) is 2.27. The SMILES string of the molecule is CC[C@H]1CCNC1C(=O)O. The van der Waals surface area contributed by atoms with Gasteiger partial charge in [-0.1, -0.05) is 13.3 Å². The van der Waals surface area contributed by atoms with Gasteiger partial charge in [0.05, 0.1) is 0 Å². The molecule has 1 unspecified atom stereocenters. The Morgan fingerprint density at radius 1 is 1.80 bits per heavy atom. The highest BCUT2D eigenvalue weighted by atomic mass is 16.4. The Morgan fingerprint density at radius 2 is 2.50 bits per heavy atom. The van der Waals surface area contributed by atoms with E-state index in [4.69, 9.17) is 5.11 Å². The first-order chi connectivity index (χ1) is 4.75. The van der Waals surface area contributed by atoms with Gasteiger partial charge in [0, 0.05) is 0 Å². The van der Waals surface area contributed by atoms with E-state index in [0.29, 0.717) is 5.92 Å². The summed E-state index contributed by atoms with van der Waals surface area (Å²) in [6, 6.07) is -0.287. The Bertz CT molecular complexity index is 136. The third kappa shape index (κ3) is 1.29. The van der Waals surface area contributed by atoms with Crippen LogP contribution in [0.1, 0.15) is 19.8 Å². The van der Waals surface area contributed by atoms with E-state index in [9.17, 15) is 4.79 Å². The zero-order valence-electron chi connectivity index (χ0n) is 6.13. The van der Waals surface area contributed by atoms with Crippen LogP contribution < -0.4 is 5.32 Å². The van der Waals surface area contributed by atoms with Gasteiger partial charge in [-0.25, -0.2) is 0 Å². The van der Waals surface area contributed by atoms with E-state index in [1.165, 1.54) is 0 Å². The maximum Gasteiger partial charge on any atom is 0.320 e. The molecule has 0 spiro atoms. The molecule has 1 saturated heterocycles. The van der Waals surface area contributed by atoms with Crippen LogP contribution in [0.3, 0.4) is 0 Å². The van der Waals surface area contributed by atoms with Crippen molar-refractivity contribution in [3.63, 3.8) is 0 Å². The lowest BCUT2D eigenvalue weighted by molar-refractivity contribution is -0.140. The van der Waals surface area contributed by atoms with Crippen LogP contribution in [0.15, 0.2) is 0 Å². The van der Waals surface area contributed by atoms with Crippen LogP contribution in [0, 0.1) is 5.92 Å². The Hall–Kier alpha value is -0.570. The zero-order chi connectivity index (χ0) is 7.56. The Morgan fingerprint density at radius 3 is 2.90 bits per heavy atom. The normalized spacial score (nSPS) is 32.5. The van der Waals surface area contributed by atoms with E-state index in [2.05, 4.69) is 5.32 Å². The highest BCUT2D eigenvalue weighted by Gasteiger charge is 2.30. The average Bonchev–Trinajstić information content (AvgIpc) is 2.33. The van der Waals surface area contributed by atoms with Crippen molar-refractivity contribution in [3.8, 4) is 0 Å². The van der Waals surface area contributed by atoms with Gasteiger partial charge < -0.3 is 10.4 Å². The number of carbonyl (C=O) groups is 1. The van der Waals surface area contributed by atoms with Gasteiger partial charge in [0.15, 0.2) is 0 Å². The average molecular weight is 143 g/mol. The lowest BCUT2D eigenvalue weighted by atomic mass is 9.98. The lowest BCUT2D eigenvalue weighted by Crippen LogP contribution is -2.35. The predicted molar refractivity (Wildman–Crippen MR) is 37.8 cm³/mol. The van der Waals surface area contributed by atoms with Gasteiger partial charge in [0.1, 0.15) is 6.04 Å². The molecular formula is C7H13NO2. The standard InChI is InChI=1S/C7H13NO2/c1-2-5-3-4-8-6(5)7(9)10/h5-6,8H,2-4H2,1H3,(H,9,10)/t5-,6?/m0/s1. The van der Waals surface area contributed by atoms with Crippen LogP contribution >= 0.6 is 0 Å². The van der Waals surface area contributed by atoms with E-state index in [0.717, 1.165) is 19.4 Å². The maximum absolute atomic E-state index is 10.5. The van der Waals surface area contributed by atoms with Crippen LogP contribution in [0.2, 0.25) is 0 Å². The zero-order valence-corrected chi connectivity index (χ0v) is 6.13. The summed E-state index contributed by atoms with van der Waals surface area (Å²) in [5.41, 5.74) is 0. The molecule has 0 radical (unpaired) electrons. The molecule has 1 aliphatic heterocycles. The van der Waals surface area contributed by atoms with Crippen molar-refractivity contribution >= 4 is 5.97 Å². The Labute approximate surface area is 60.4 Å². The topological polar surface area (TPSA) is 49.3 Å². The molecular weight excluding hydrogens is 130 g/mol. The summed E-state index contributed by atoms with van der Waals surface area (Å²) < 4.78 is 0. The van der Waals surface area contributed by atoms with Crippen molar-refractivity contribution in [2.24, 2.45) is 5.92 Å². The fourth-order valence-corrected chi connectivity index (χ4v) is 1.49. The molecule has 0 aromatic carbocycles. The molecule has 0 aromatic heterocycles. The highest BCUT2D eigenvalue weighted by Crippen LogP contribution is 2.18. The fraction of sp³-hybridized carbons (Fsp3) is 0.857. The second-order valence-corrected chi connectivity index (χ2v) is 2.73. The molecule has 0 aliphatic carbocycles. The van der Waals surface area contributed by atoms with Crippen LogP contribution in [-0.2, 0) is 4.79 Å². The number of carboxylic acids is 1. The molecule has 1 fully saturated rings. The van der Waals surface area contributed by atoms with E-state index < -0.39 is 5.97 Å². The molecule has 0 saturated carbocycles. The molecule has 1 aliphatic rings. The highest BCUT2D eigenvalue weighted by molar-refractivity contribution is 5.74. The van der Waals surface area contributed by atoms with E-state index in [1.54, 1.807) is 0 Å². The molecule has 2 atom stereocenters. The summed E-state index contributed by atoms with van der Waals surface area (Å²) in [5.74, 6) is -0.359. The van der Waals surface area contributed by atoms with Crippen LogP contribution in [0.4, 0.5) is 0 Å². The maximum atomic E-state index is 10.5. The van der Waals surface area contributed by atoms with Gasteiger partial charge in [0.25, 0.3) is 0 Å². The van der Waals surface area contributed by atoms with Crippen LogP contribution in [0.25, 0.3) is 0 Å². The Balaban J connectivity index is 2.50. The van der Waals surface area contributed by atoms with Gasteiger partial charge in [-0.2, -0.15) is 0 Å². The number of hydrogen-bond acceptors (Lipinski definition) is 2. The summed E-state index contributed by atoms with van der Waals surface area (Å²) in [4.78, 5) is 10.5. The van der Waals surface area contributed by atoms with E-state index >= 15 is 0 Å². The van der Waals surface area contributed by atoms with Crippen molar-refractivity contribution in [1.29, 1.82) is 0 Å². The summed E-state index contributed by atoms with van der Waals surface area (Å²) in [6.07, 6.45) is 1.97. The number of hydrogen-bond donors (Lipinski definition) is 2. The summed E-state index contributed by atoms with van der Waals surface area (Å²) in [7, 11) is 0. The quantitative estimate of drug-likeness (QED) is 0.590. The van der Waals surface area contributed by atoms with Crippen LogP contribution in [0.5, 0.6) is 0 Å². The number of aliphatic carboxylic acids is 1. The van der Waals surface area contributed by atoms with E-state index in [-0.39, 0.29) is 6.04 Å². The molecule has 1 heterocycles. The van der Waals surface area contributed by atoms with Gasteiger partial charge >= 0.3 is 5.97 Å². The molecule has 0 aromatic rings. The van der Waals surface area contributed by atoms with Crippen molar-refractivity contribution in [2.75, 3.05) is 6.54 Å². The molecule has 58 valence electrons. The second kappa shape index (κ2) is 3.01. The van der Waals surface area contributed by atoms with Crippen molar-refractivity contribution in [3.05, 3.63) is 0 Å². The lowest BCUT2D eigenvalue weighted by Gasteiger charge is -2.11. The van der Waals surface area contributed by atoms with Gasteiger partial charge in [0.2, 0.25) is 0 Å². The third-order valence-electron chi connectivity index (χ3n) is 2.14. The van der Waals surface area contributed by atoms with Gasteiger partial charge in [-0.3, -0.25) is 4.79 Å². The number of nitrogens with one attached hydrogen (secondary N) is 1. The minimum absolute atomic E-state index is 0.287. The summed E-state index contributed by atoms with van der Waals surface area (Å²) >= 11 is 0. The monoisotopic (exact) mass is 143 g/mol. The van der Waals surface area contributed by atoms with Crippen molar-refractivity contribution in [2.45, 2.75) is 25.8 Å². The van der Waals surface area contributed by atoms with Crippen LogP contribution in [-0.4, -0.2) is 23.7 Å². The number of carboxylic acid groups (broad SMARTS) is 1. The summed E-state index contributed by atoms with van der Waals surface area (Å²) in [6.45, 7) is 2.89. The first-order valence-electron chi connectivity index (χ1n) is 3.72. The smallest absolute Gasteiger partial charge is 0.320 e. The number of rotatable bonds is 2. The molecule has 1 rings (SSSR count). The largest absolute Gasteiger partial charge is 0.480 e. The van der Waals surface area contributed by atoms with E-state index in [1.807, 2.05) is 6.92 Å². The van der Waals surface area contributed by atoms with Crippen molar-refractivity contribution in [1.82, 2.24) is 5.32 Å². The first-order valence-corrected chi connectivity index (χ1v) is 3.72. The second-order valence-electron chi connectivity index (χ2n) is 2.73. The molecule has 2 N–H and O–H groups in total.